The van der Waals surface area contributed by atoms with Gasteiger partial charge in [0.1, 0.15) is 11.6 Å². The zero-order valence-electron chi connectivity index (χ0n) is 12.7. The normalized spacial score (nSPS) is 13.5. The maximum absolute atomic E-state index is 13.1. The van der Waals surface area contributed by atoms with Crippen molar-refractivity contribution in [3.05, 3.63) is 47.4 Å². The highest BCUT2D eigenvalue weighted by Crippen LogP contribution is 2.30. The number of aryl methyl sites for hydroxylation is 1. The monoisotopic (exact) mass is 311 g/mol. The van der Waals surface area contributed by atoms with Gasteiger partial charge in [0.2, 0.25) is 0 Å². The van der Waals surface area contributed by atoms with Gasteiger partial charge in [-0.25, -0.2) is 9.37 Å². The van der Waals surface area contributed by atoms with Crippen molar-refractivity contribution in [2.45, 2.75) is 19.3 Å². The van der Waals surface area contributed by atoms with Crippen molar-refractivity contribution in [2.75, 3.05) is 18.4 Å². The van der Waals surface area contributed by atoms with Crippen molar-refractivity contribution >= 4 is 11.5 Å². The van der Waals surface area contributed by atoms with E-state index in [1.807, 2.05) is 10.6 Å². The van der Waals surface area contributed by atoms with Gasteiger partial charge in [0.05, 0.1) is 5.69 Å². The molecule has 0 bridgehead atoms. The molecule has 0 amide bonds. The van der Waals surface area contributed by atoms with Crippen LogP contribution >= 0.6 is 0 Å². The van der Waals surface area contributed by atoms with E-state index in [0.29, 0.717) is 13.1 Å². The number of anilines is 1. The van der Waals surface area contributed by atoms with Crippen molar-refractivity contribution in [3.63, 3.8) is 0 Å². The Morgan fingerprint density at radius 2 is 2.04 bits per heavy atom. The van der Waals surface area contributed by atoms with Gasteiger partial charge in [-0.2, -0.15) is 9.61 Å². The number of aromatic nitrogens is 3. The summed E-state index contributed by atoms with van der Waals surface area (Å²) in [5.41, 5.74) is 10.5. The summed E-state index contributed by atoms with van der Waals surface area (Å²) in [4.78, 5) is 4.74. The Hall–Kier alpha value is -2.47. The van der Waals surface area contributed by atoms with Gasteiger partial charge in [-0.15, -0.1) is 0 Å². The van der Waals surface area contributed by atoms with Crippen LogP contribution in [-0.4, -0.2) is 27.7 Å². The summed E-state index contributed by atoms with van der Waals surface area (Å²) >= 11 is 0. The molecule has 0 radical (unpaired) electrons. The first kappa shape index (κ1) is 14.1. The molecule has 0 fully saturated rings. The molecule has 1 aromatic carbocycles. The second-order valence-electron chi connectivity index (χ2n) is 5.76. The van der Waals surface area contributed by atoms with Crippen molar-refractivity contribution < 1.29 is 4.39 Å². The van der Waals surface area contributed by atoms with Crippen molar-refractivity contribution in [2.24, 2.45) is 5.73 Å². The minimum atomic E-state index is -0.250. The first-order chi connectivity index (χ1) is 11.3. The van der Waals surface area contributed by atoms with E-state index in [-0.39, 0.29) is 5.82 Å². The number of hydrogen-bond donors (Lipinski definition) is 2. The first-order valence-electron chi connectivity index (χ1n) is 7.87. The van der Waals surface area contributed by atoms with Crippen molar-refractivity contribution in [3.8, 4) is 11.3 Å². The van der Waals surface area contributed by atoms with Gasteiger partial charge in [0, 0.05) is 36.0 Å². The number of hydrogen-bond acceptors (Lipinski definition) is 4. The standard InChI is InChI=1S/C17H18FN5/c18-12-6-4-11(5-7-12)15-10-16-21-14-3-1-2-13(14)17(20-9-8-19)23(16)22-15/h4-7,10,20H,1-3,8-9,19H2. The molecule has 23 heavy (non-hydrogen) atoms. The molecule has 5 nitrogen and oxygen atoms in total. The molecular weight excluding hydrogens is 293 g/mol. The summed E-state index contributed by atoms with van der Waals surface area (Å²) in [7, 11) is 0. The van der Waals surface area contributed by atoms with E-state index in [0.717, 1.165) is 47.7 Å². The van der Waals surface area contributed by atoms with Crippen LogP contribution in [0.5, 0.6) is 0 Å². The van der Waals surface area contributed by atoms with Gasteiger partial charge < -0.3 is 11.1 Å². The molecule has 0 aliphatic heterocycles. The number of halogens is 1. The quantitative estimate of drug-likeness (QED) is 0.776. The van der Waals surface area contributed by atoms with E-state index >= 15 is 0 Å². The van der Waals surface area contributed by atoms with Crippen molar-refractivity contribution in [1.82, 2.24) is 14.6 Å². The number of rotatable bonds is 4. The van der Waals surface area contributed by atoms with Crippen LogP contribution in [0.1, 0.15) is 17.7 Å². The van der Waals surface area contributed by atoms with Crippen LogP contribution in [0.2, 0.25) is 0 Å². The number of nitrogens with two attached hydrogens (primary N) is 1. The number of benzene rings is 1. The SMILES string of the molecule is NCCNc1c2c(nc3cc(-c4ccc(F)cc4)nn13)CCC2. The third-order valence-corrected chi connectivity index (χ3v) is 4.20. The summed E-state index contributed by atoms with van der Waals surface area (Å²) in [6.07, 6.45) is 3.13. The minimum absolute atomic E-state index is 0.250. The zero-order chi connectivity index (χ0) is 15.8. The summed E-state index contributed by atoms with van der Waals surface area (Å²) in [5, 5.41) is 8.06. The summed E-state index contributed by atoms with van der Waals surface area (Å²) in [6.45, 7) is 1.25. The topological polar surface area (TPSA) is 68.2 Å². The summed E-state index contributed by atoms with van der Waals surface area (Å²) in [6, 6.07) is 8.30. The van der Waals surface area contributed by atoms with Gasteiger partial charge in [0.15, 0.2) is 5.65 Å². The molecule has 0 spiro atoms. The average molecular weight is 311 g/mol. The lowest BCUT2D eigenvalue weighted by Gasteiger charge is -2.12. The highest BCUT2D eigenvalue weighted by molar-refractivity contribution is 5.67. The van der Waals surface area contributed by atoms with Gasteiger partial charge in [-0.1, -0.05) is 0 Å². The van der Waals surface area contributed by atoms with Crippen molar-refractivity contribution in [1.29, 1.82) is 0 Å². The summed E-state index contributed by atoms with van der Waals surface area (Å²) < 4.78 is 15.0. The molecule has 0 saturated heterocycles. The van der Waals surface area contributed by atoms with Gasteiger partial charge >= 0.3 is 0 Å². The fourth-order valence-corrected chi connectivity index (χ4v) is 3.12. The molecule has 3 N–H and O–H groups in total. The highest BCUT2D eigenvalue weighted by atomic mass is 19.1. The fraction of sp³-hybridized carbons (Fsp3) is 0.294. The molecule has 0 atom stereocenters. The van der Waals surface area contributed by atoms with Crippen LogP contribution in [0.3, 0.4) is 0 Å². The smallest absolute Gasteiger partial charge is 0.158 e. The molecule has 118 valence electrons. The Bertz CT molecular complexity index is 854. The van der Waals surface area contributed by atoms with E-state index < -0.39 is 0 Å². The molecule has 4 rings (SSSR count). The van der Waals surface area contributed by atoms with Gasteiger partial charge in [0.25, 0.3) is 0 Å². The predicted octanol–water partition coefficient (Wildman–Crippen LogP) is 2.39. The van der Waals surface area contributed by atoms with Crippen LogP contribution in [0.4, 0.5) is 10.2 Å². The lowest BCUT2D eigenvalue weighted by Crippen LogP contribution is -2.17. The highest BCUT2D eigenvalue weighted by Gasteiger charge is 2.21. The Kier molecular flexibility index (Phi) is 3.46. The Balaban J connectivity index is 1.86. The first-order valence-corrected chi connectivity index (χ1v) is 7.87. The number of nitrogens with one attached hydrogen (secondary N) is 1. The molecule has 3 aromatic rings. The molecule has 1 aliphatic carbocycles. The van der Waals surface area contributed by atoms with Crippen LogP contribution in [0.15, 0.2) is 30.3 Å². The molecule has 0 unspecified atom stereocenters. The van der Waals surface area contributed by atoms with Crippen LogP contribution < -0.4 is 11.1 Å². The number of nitrogens with zero attached hydrogens (tertiary/aromatic N) is 3. The molecule has 2 aromatic heterocycles. The van der Waals surface area contributed by atoms with Crippen LogP contribution in [-0.2, 0) is 12.8 Å². The van der Waals surface area contributed by atoms with E-state index in [2.05, 4.69) is 10.4 Å². The maximum Gasteiger partial charge on any atom is 0.158 e. The Labute approximate surface area is 133 Å². The second-order valence-corrected chi connectivity index (χ2v) is 5.76. The predicted molar refractivity (Wildman–Crippen MR) is 88.0 cm³/mol. The molecule has 6 heteroatoms. The zero-order valence-corrected chi connectivity index (χ0v) is 12.7. The largest absolute Gasteiger partial charge is 0.368 e. The van der Waals surface area contributed by atoms with Gasteiger partial charge in [-0.05, 0) is 43.5 Å². The molecule has 1 aliphatic rings. The lowest BCUT2D eigenvalue weighted by molar-refractivity contribution is 0.628. The average Bonchev–Trinajstić information content (AvgIpc) is 3.18. The molecular formula is C17H18FN5. The van der Waals surface area contributed by atoms with Crippen LogP contribution in [0.25, 0.3) is 16.9 Å². The maximum atomic E-state index is 13.1. The Morgan fingerprint density at radius 1 is 1.22 bits per heavy atom. The van der Waals surface area contributed by atoms with E-state index in [1.54, 1.807) is 12.1 Å². The second kappa shape index (κ2) is 5.62. The minimum Gasteiger partial charge on any atom is -0.368 e. The lowest BCUT2D eigenvalue weighted by atomic mass is 10.1. The van der Waals surface area contributed by atoms with Gasteiger partial charge in [-0.3, -0.25) is 0 Å². The van der Waals surface area contributed by atoms with E-state index in [4.69, 9.17) is 10.7 Å². The molecule has 0 saturated carbocycles. The third kappa shape index (κ3) is 2.45. The van der Waals surface area contributed by atoms with Crippen LogP contribution in [0, 0.1) is 5.82 Å². The number of fused-ring (bicyclic) bond motifs is 2. The Morgan fingerprint density at radius 3 is 2.83 bits per heavy atom. The molecule has 2 heterocycles. The fourth-order valence-electron chi connectivity index (χ4n) is 3.12. The van der Waals surface area contributed by atoms with E-state index in [9.17, 15) is 4.39 Å². The summed E-state index contributed by atoms with van der Waals surface area (Å²) in [5.74, 6) is 0.737. The van der Waals surface area contributed by atoms with E-state index in [1.165, 1.54) is 17.7 Å². The third-order valence-electron chi connectivity index (χ3n) is 4.20.